The summed E-state index contributed by atoms with van der Waals surface area (Å²) in [7, 11) is 0. The zero-order valence-electron chi connectivity index (χ0n) is 11.9. The first kappa shape index (κ1) is 15.0. The highest BCUT2D eigenvalue weighted by atomic mass is 35.5. The Morgan fingerprint density at radius 1 is 1.39 bits per heavy atom. The van der Waals surface area contributed by atoms with Crippen molar-refractivity contribution in [2.24, 2.45) is 0 Å². The van der Waals surface area contributed by atoms with E-state index in [9.17, 15) is 9.59 Å². The van der Waals surface area contributed by atoms with E-state index < -0.39 is 5.91 Å². The summed E-state index contributed by atoms with van der Waals surface area (Å²) in [6, 6.07) is 7.19. The second-order valence-electron chi connectivity index (χ2n) is 4.81. The molecule has 0 bridgehead atoms. The number of hydrogen-bond acceptors (Lipinski definition) is 5. The highest BCUT2D eigenvalue weighted by Gasteiger charge is 2.15. The van der Waals surface area contributed by atoms with Crippen LogP contribution >= 0.6 is 11.6 Å². The second-order valence-corrected chi connectivity index (χ2v) is 5.19. The molecule has 2 aromatic heterocycles. The molecule has 9 heteroatoms. The maximum Gasteiger partial charge on any atom is 0.274 e. The van der Waals surface area contributed by atoms with Crippen LogP contribution in [0, 0.1) is 0 Å². The predicted molar refractivity (Wildman–Crippen MR) is 86.3 cm³/mol. The molecule has 4 N–H and O–H groups in total. The number of fused-ring (bicyclic) bond motifs is 1. The summed E-state index contributed by atoms with van der Waals surface area (Å²) >= 11 is 5.84. The van der Waals surface area contributed by atoms with Crippen LogP contribution in [0.5, 0.6) is 0 Å². The van der Waals surface area contributed by atoms with Crippen molar-refractivity contribution < 1.29 is 4.79 Å². The molecule has 23 heavy (non-hydrogen) atoms. The lowest BCUT2D eigenvalue weighted by Gasteiger charge is -2.07. The first-order chi connectivity index (χ1) is 11.1. The van der Waals surface area contributed by atoms with Crippen molar-refractivity contribution in [2.45, 2.75) is 6.54 Å². The Balaban J connectivity index is 1.69. The van der Waals surface area contributed by atoms with Gasteiger partial charge in [-0.05, 0) is 6.07 Å². The number of nitrogens with zero attached hydrogens (tertiary/aromatic N) is 3. The van der Waals surface area contributed by atoms with Gasteiger partial charge >= 0.3 is 0 Å². The van der Waals surface area contributed by atoms with Crippen LogP contribution in [0.4, 0.5) is 5.82 Å². The summed E-state index contributed by atoms with van der Waals surface area (Å²) in [5.74, 6) is -0.391. The summed E-state index contributed by atoms with van der Waals surface area (Å²) in [6.07, 6.45) is 1.62. The third-order valence-electron chi connectivity index (χ3n) is 3.33. The highest BCUT2D eigenvalue weighted by Crippen LogP contribution is 2.19. The maximum atomic E-state index is 12.3. The number of carbonyl (C=O) groups is 1. The SMILES string of the molecule is Nc1n[nH]c(C(=O)NCCn2ncc3ccccc3c2=O)c1Cl. The van der Waals surface area contributed by atoms with Crippen LogP contribution in [-0.2, 0) is 6.54 Å². The molecule has 0 atom stereocenters. The van der Waals surface area contributed by atoms with E-state index in [0.29, 0.717) is 5.39 Å². The monoisotopic (exact) mass is 332 g/mol. The van der Waals surface area contributed by atoms with Crippen molar-refractivity contribution in [3.8, 4) is 0 Å². The summed E-state index contributed by atoms with van der Waals surface area (Å²) in [4.78, 5) is 24.2. The number of nitrogen functional groups attached to an aromatic ring is 1. The van der Waals surface area contributed by atoms with Crippen LogP contribution < -0.4 is 16.6 Å². The van der Waals surface area contributed by atoms with Gasteiger partial charge in [0.05, 0.1) is 18.1 Å². The largest absolute Gasteiger partial charge is 0.381 e. The average Bonchev–Trinajstić information content (AvgIpc) is 2.89. The number of aromatic amines is 1. The van der Waals surface area contributed by atoms with Gasteiger partial charge in [0.15, 0.2) is 5.82 Å². The Hall–Kier alpha value is -2.87. The molecule has 0 saturated heterocycles. The van der Waals surface area contributed by atoms with Gasteiger partial charge in [-0.2, -0.15) is 10.2 Å². The fraction of sp³-hybridized carbons (Fsp3) is 0.143. The van der Waals surface area contributed by atoms with Gasteiger partial charge in [-0.15, -0.1) is 0 Å². The third-order valence-corrected chi connectivity index (χ3v) is 3.71. The summed E-state index contributed by atoms with van der Waals surface area (Å²) in [5, 5.41) is 14.2. The zero-order chi connectivity index (χ0) is 16.4. The number of benzene rings is 1. The van der Waals surface area contributed by atoms with Gasteiger partial charge in [0.25, 0.3) is 11.5 Å². The molecule has 118 valence electrons. The van der Waals surface area contributed by atoms with Gasteiger partial charge in [0.1, 0.15) is 10.7 Å². The van der Waals surface area contributed by atoms with Crippen molar-refractivity contribution in [3.63, 3.8) is 0 Å². The molecule has 0 aliphatic carbocycles. The molecule has 0 saturated carbocycles. The molecule has 0 fully saturated rings. The molecule has 3 aromatic rings. The van der Waals surface area contributed by atoms with E-state index in [-0.39, 0.29) is 35.2 Å². The molecule has 8 nitrogen and oxygen atoms in total. The Bertz CT molecular complexity index is 932. The molecule has 0 radical (unpaired) electrons. The second kappa shape index (κ2) is 6.09. The summed E-state index contributed by atoms with van der Waals surface area (Å²) in [5.41, 5.74) is 5.34. The average molecular weight is 333 g/mol. The standard InChI is InChI=1S/C14H13ClN6O2/c15-10-11(19-20-12(10)16)13(22)17-5-6-21-14(23)9-4-2-1-3-8(9)7-18-21/h1-4,7H,5-6H2,(H,17,22)(H3,16,19,20). The number of nitrogens with one attached hydrogen (secondary N) is 2. The lowest BCUT2D eigenvalue weighted by Crippen LogP contribution is -2.32. The molecule has 0 unspecified atom stereocenters. The Labute approximate surface area is 135 Å². The van der Waals surface area contributed by atoms with Gasteiger partial charge in [-0.25, -0.2) is 4.68 Å². The van der Waals surface area contributed by atoms with Crippen LogP contribution in [0.2, 0.25) is 5.02 Å². The minimum atomic E-state index is -0.451. The van der Waals surface area contributed by atoms with Crippen molar-refractivity contribution in [1.29, 1.82) is 0 Å². The van der Waals surface area contributed by atoms with Gasteiger partial charge in [-0.1, -0.05) is 29.8 Å². The van der Waals surface area contributed by atoms with Crippen molar-refractivity contribution >= 4 is 34.1 Å². The molecule has 0 aliphatic heterocycles. The first-order valence-electron chi connectivity index (χ1n) is 6.80. The normalized spacial score (nSPS) is 10.8. The summed E-state index contributed by atoms with van der Waals surface area (Å²) in [6.45, 7) is 0.440. The third kappa shape index (κ3) is 2.88. The minimum Gasteiger partial charge on any atom is -0.381 e. The van der Waals surface area contributed by atoms with E-state index in [1.807, 2.05) is 12.1 Å². The number of carbonyl (C=O) groups excluding carboxylic acids is 1. The van der Waals surface area contributed by atoms with Gasteiger partial charge in [0, 0.05) is 11.9 Å². The van der Waals surface area contributed by atoms with E-state index in [4.69, 9.17) is 17.3 Å². The molecular formula is C14H13ClN6O2. The van der Waals surface area contributed by atoms with Crippen LogP contribution in [0.25, 0.3) is 10.8 Å². The van der Waals surface area contributed by atoms with E-state index in [2.05, 4.69) is 20.6 Å². The van der Waals surface area contributed by atoms with Crippen molar-refractivity contribution in [1.82, 2.24) is 25.3 Å². The van der Waals surface area contributed by atoms with E-state index >= 15 is 0 Å². The van der Waals surface area contributed by atoms with Gasteiger partial charge in [0.2, 0.25) is 0 Å². The van der Waals surface area contributed by atoms with Crippen LogP contribution in [0.15, 0.2) is 35.3 Å². The number of H-pyrrole nitrogens is 1. The zero-order valence-corrected chi connectivity index (χ0v) is 12.7. The molecule has 1 amide bonds. The number of aromatic nitrogens is 4. The number of rotatable bonds is 4. The molecule has 0 aliphatic rings. The van der Waals surface area contributed by atoms with Crippen LogP contribution in [-0.4, -0.2) is 32.4 Å². The smallest absolute Gasteiger partial charge is 0.274 e. The van der Waals surface area contributed by atoms with E-state index in [0.717, 1.165) is 5.39 Å². The molecular weight excluding hydrogens is 320 g/mol. The molecule has 1 aromatic carbocycles. The van der Waals surface area contributed by atoms with Crippen molar-refractivity contribution in [3.05, 3.63) is 51.5 Å². The number of hydrogen-bond donors (Lipinski definition) is 3. The number of halogens is 1. The fourth-order valence-electron chi connectivity index (χ4n) is 2.14. The van der Waals surface area contributed by atoms with Gasteiger partial charge < -0.3 is 11.1 Å². The summed E-state index contributed by atoms with van der Waals surface area (Å²) < 4.78 is 1.30. The first-order valence-corrected chi connectivity index (χ1v) is 7.18. The number of amides is 1. The molecule has 2 heterocycles. The lowest BCUT2D eigenvalue weighted by molar-refractivity contribution is 0.0947. The topological polar surface area (TPSA) is 119 Å². The van der Waals surface area contributed by atoms with Crippen molar-refractivity contribution in [2.75, 3.05) is 12.3 Å². The fourth-order valence-corrected chi connectivity index (χ4v) is 2.31. The lowest BCUT2D eigenvalue weighted by atomic mass is 10.2. The van der Waals surface area contributed by atoms with E-state index in [1.165, 1.54) is 4.68 Å². The maximum absolute atomic E-state index is 12.3. The highest BCUT2D eigenvalue weighted by molar-refractivity contribution is 6.35. The quantitative estimate of drug-likeness (QED) is 0.652. The Kier molecular flexibility index (Phi) is 3.98. The number of nitrogens with two attached hydrogens (primary N) is 1. The van der Waals surface area contributed by atoms with Crippen LogP contribution in [0.3, 0.4) is 0 Å². The number of anilines is 1. The molecule has 3 rings (SSSR count). The Morgan fingerprint density at radius 3 is 2.91 bits per heavy atom. The van der Waals surface area contributed by atoms with E-state index in [1.54, 1.807) is 18.3 Å². The molecule has 0 spiro atoms. The Morgan fingerprint density at radius 2 is 2.17 bits per heavy atom. The van der Waals surface area contributed by atoms with Gasteiger partial charge in [-0.3, -0.25) is 14.7 Å². The minimum absolute atomic E-state index is 0.0595. The predicted octanol–water partition coefficient (Wildman–Crippen LogP) is 0.785. The van der Waals surface area contributed by atoms with Crippen LogP contribution in [0.1, 0.15) is 10.5 Å².